The molecule has 1 aromatic carbocycles. The minimum Gasteiger partial charge on any atom is -0.394 e. The van der Waals surface area contributed by atoms with E-state index in [2.05, 4.69) is 9.88 Å². The van der Waals surface area contributed by atoms with E-state index in [1.165, 1.54) is 0 Å². The highest BCUT2D eigenvalue weighted by Crippen LogP contribution is 2.35. The molecule has 0 radical (unpaired) electrons. The number of amides is 1. The smallest absolute Gasteiger partial charge is 0.230 e. The van der Waals surface area contributed by atoms with Crippen LogP contribution in [0.1, 0.15) is 19.4 Å². The van der Waals surface area contributed by atoms with Crippen LogP contribution in [0.5, 0.6) is 0 Å². The second kappa shape index (κ2) is 7.82. The van der Waals surface area contributed by atoms with Gasteiger partial charge in [-0.25, -0.2) is 0 Å². The van der Waals surface area contributed by atoms with Crippen LogP contribution in [0.2, 0.25) is 5.02 Å². The molecule has 0 saturated carbocycles. The predicted octanol–water partition coefficient (Wildman–Crippen LogP) is 3.00. The first-order valence-electron chi connectivity index (χ1n) is 9.09. The Labute approximate surface area is 159 Å². The zero-order chi connectivity index (χ0) is 18.8. The molecular weight excluding hydrogens is 350 g/mol. The van der Waals surface area contributed by atoms with Crippen molar-refractivity contribution in [1.82, 2.24) is 14.8 Å². The van der Waals surface area contributed by atoms with Crippen LogP contribution in [-0.4, -0.2) is 65.1 Å². The van der Waals surface area contributed by atoms with Crippen molar-refractivity contribution < 1.29 is 9.90 Å². The number of H-pyrrole nitrogens is 1. The zero-order valence-corrected chi connectivity index (χ0v) is 16.3. The maximum atomic E-state index is 12.9. The average Bonchev–Trinajstić information content (AvgIpc) is 3.13. The lowest BCUT2D eigenvalue weighted by atomic mass is 9.87. The van der Waals surface area contributed by atoms with Crippen molar-refractivity contribution in [3.05, 3.63) is 41.1 Å². The molecule has 1 aromatic heterocycles. The van der Waals surface area contributed by atoms with Crippen molar-refractivity contribution in [2.24, 2.45) is 5.92 Å². The molecule has 2 aromatic rings. The van der Waals surface area contributed by atoms with Crippen LogP contribution in [0.15, 0.2) is 30.5 Å². The lowest BCUT2D eigenvalue weighted by Gasteiger charge is -2.37. The molecule has 3 rings (SSSR count). The molecule has 1 aliphatic rings. The van der Waals surface area contributed by atoms with Crippen LogP contribution in [0, 0.1) is 5.92 Å². The van der Waals surface area contributed by atoms with Crippen LogP contribution < -0.4 is 0 Å². The number of rotatable bonds is 5. The first-order chi connectivity index (χ1) is 12.5. The van der Waals surface area contributed by atoms with Crippen molar-refractivity contribution in [3.8, 4) is 0 Å². The lowest BCUT2D eigenvalue weighted by molar-refractivity contribution is -0.134. The number of fused-ring (bicyclic) bond motifs is 1. The minimum atomic E-state index is -0.224. The minimum absolute atomic E-state index is 0.000653. The first-order valence-corrected chi connectivity index (χ1v) is 9.47. The molecule has 1 amide bonds. The number of aliphatic hydroxyl groups excluding tert-OH is 1. The molecular formula is C20H26ClN3O2. The number of halogens is 1. The number of aromatic amines is 1. The maximum absolute atomic E-state index is 12.9. The van der Waals surface area contributed by atoms with Gasteiger partial charge in [0.2, 0.25) is 5.91 Å². The topological polar surface area (TPSA) is 59.6 Å². The monoisotopic (exact) mass is 375 g/mol. The van der Waals surface area contributed by atoms with E-state index in [0.717, 1.165) is 22.0 Å². The van der Waals surface area contributed by atoms with Gasteiger partial charge in [0.25, 0.3) is 0 Å². The molecule has 2 atom stereocenters. The van der Waals surface area contributed by atoms with Crippen molar-refractivity contribution in [2.75, 3.05) is 33.3 Å². The van der Waals surface area contributed by atoms with Gasteiger partial charge in [0.15, 0.2) is 0 Å². The summed E-state index contributed by atoms with van der Waals surface area (Å²) in [6.45, 7) is 5.99. The van der Waals surface area contributed by atoms with Gasteiger partial charge in [0.1, 0.15) is 0 Å². The summed E-state index contributed by atoms with van der Waals surface area (Å²) in [6, 6.07) is 5.63. The van der Waals surface area contributed by atoms with Crippen LogP contribution in [0.25, 0.3) is 16.5 Å². The Morgan fingerprint density at radius 3 is 2.73 bits per heavy atom. The van der Waals surface area contributed by atoms with Crippen molar-refractivity contribution >= 4 is 34.0 Å². The van der Waals surface area contributed by atoms with E-state index < -0.39 is 0 Å². The van der Waals surface area contributed by atoms with Gasteiger partial charge < -0.3 is 15.0 Å². The summed E-state index contributed by atoms with van der Waals surface area (Å²) in [5.41, 5.74) is 2.89. The lowest BCUT2D eigenvalue weighted by Crippen LogP contribution is -2.47. The van der Waals surface area contributed by atoms with E-state index >= 15 is 0 Å². The Hall–Kier alpha value is -1.82. The van der Waals surface area contributed by atoms with Crippen LogP contribution in [-0.2, 0) is 4.79 Å². The number of hydrogen-bond donors (Lipinski definition) is 2. The molecule has 140 valence electrons. The number of likely N-dealkylation sites (N-methyl/N-ethyl adjacent to an activating group) is 1. The summed E-state index contributed by atoms with van der Waals surface area (Å²) >= 11 is 6.31. The molecule has 0 fully saturated rings. The zero-order valence-electron chi connectivity index (χ0n) is 15.5. The number of benzene rings is 1. The summed E-state index contributed by atoms with van der Waals surface area (Å²) in [4.78, 5) is 20.1. The fourth-order valence-electron chi connectivity index (χ4n) is 3.84. The normalized spacial score (nSPS) is 21.0. The third kappa shape index (κ3) is 3.27. The van der Waals surface area contributed by atoms with Crippen LogP contribution >= 0.6 is 11.6 Å². The fourth-order valence-corrected chi connectivity index (χ4v) is 4.06. The Bertz CT molecular complexity index is 826. The summed E-state index contributed by atoms with van der Waals surface area (Å²) in [5.74, 6) is -0.0918. The molecule has 1 aliphatic heterocycles. The van der Waals surface area contributed by atoms with E-state index in [9.17, 15) is 9.90 Å². The highest BCUT2D eigenvalue weighted by Gasteiger charge is 2.33. The number of hydrogen-bond acceptors (Lipinski definition) is 3. The van der Waals surface area contributed by atoms with Crippen LogP contribution in [0.3, 0.4) is 0 Å². The number of carbonyl (C=O) groups is 1. The van der Waals surface area contributed by atoms with Crippen molar-refractivity contribution in [1.29, 1.82) is 0 Å². The van der Waals surface area contributed by atoms with E-state index in [1.807, 2.05) is 56.3 Å². The Morgan fingerprint density at radius 1 is 1.35 bits per heavy atom. The van der Waals surface area contributed by atoms with Gasteiger partial charge in [-0.2, -0.15) is 0 Å². The summed E-state index contributed by atoms with van der Waals surface area (Å²) < 4.78 is 0. The van der Waals surface area contributed by atoms with E-state index in [-0.39, 0.29) is 24.5 Å². The van der Waals surface area contributed by atoms with E-state index in [1.54, 1.807) is 0 Å². The first kappa shape index (κ1) is 19.0. The third-order valence-electron chi connectivity index (χ3n) is 5.30. The predicted molar refractivity (Wildman–Crippen MR) is 106 cm³/mol. The van der Waals surface area contributed by atoms with Gasteiger partial charge in [-0.05, 0) is 38.6 Å². The highest BCUT2D eigenvalue weighted by molar-refractivity contribution is 6.35. The molecule has 0 aliphatic carbocycles. The molecule has 5 nitrogen and oxygen atoms in total. The van der Waals surface area contributed by atoms with E-state index in [4.69, 9.17) is 11.6 Å². The number of aliphatic hydroxyl groups is 1. The molecule has 2 unspecified atom stereocenters. The molecule has 2 heterocycles. The van der Waals surface area contributed by atoms with Gasteiger partial charge in [0, 0.05) is 41.8 Å². The van der Waals surface area contributed by atoms with Gasteiger partial charge in [0.05, 0.1) is 24.1 Å². The molecule has 0 bridgehead atoms. The number of carbonyl (C=O) groups excluding carboxylic acids is 1. The molecule has 26 heavy (non-hydrogen) atoms. The molecule has 0 saturated heterocycles. The molecule has 6 heteroatoms. The summed E-state index contributed by atoms with van der Waals surface area (Å²) in [5, 5.41) is 11.6. The highest BCUT2D eigenvalue weighted by atomic mass is 35.5. The summed E-state index contributed by atoms with van der Waals surface area (Å²) in [6.07, 6.45) is 3.89. The van der Waals surface area contributed by atoms with Crippen molar-refractivity contribution in [3.63, 3.8) is 0 Å². The second-order valence-corrected chi connectivity index (χ2v) is 7.15. The average molecular weight is 376 g/mol. The van der Waals surface area contributed by atoms with E-state index in [0.29, 0.717) is 24.7 Å². The quantitative estimate of drug-likeness (QED) is 0.844. The van der Waals surface area contributed by atoms with Gasteiger partial charge in [-0.15, -0.1) is 0 Å². The van der Waals surface area contributed by atoms with Gasteiger partial charge in [-0.3, -0.25) is 9.69 Å². The van der Waals surface area contributed by atoms with Crippen molar-refractivity contribution in [2.45, 2.75) is 19.9 Å². The third-order valence-corrected chi connectivity index (χ3v) is 5.63. The second-order valence-electron chi connectivity index (χ2n) is 6.74. The number of nitrogens with one attached hydrogen (secondary N) is 1. The Kier molecular flexibility index (Phi) is 5.70. The standard InChI is InChI=1S/C20H26ClN3O2/c1-4-24(5-2)20(26)13-10-16(18(12-25)23(3)11-13)14-6-7-17(21)15-8-9-22-19(14)15/h6-10,13,18,22,25H,4-5,11-12H2,1-3H3. The van der Waals surface area contributed by atoms with Gasteiger partial charge in [-0.1, -0.05) is 23.7 Å². The fraction of sp³-hybridized carbons (Fsp3) is 0.450. The Balaban J connectivity index is 2.09. The van der Waals surface area contributed by atoms with Crippen LogP contribution in [0.4, 0.5) is 0 Å². The van der Waals surface area contributed by atoms with Gasteiger partial charge >= 0.3 is 0 Å². The Morgan fingerprint density at radius 2 is 2.08 bits per heavy atom. The maximum Gasteiger partial charge on any atom is 0.230 e. The molecule has 2 N–H and O–H groups in total. The number of aromatic nitrogens is 1. The molecule has 0 spiro atoms. The largest absolute Gasteiger partial charge is 0.394 e. The number of nitrogens with zero attached hydrogens (tertiary/aromatic N) is 2. The SMILES string of the molecule is CCN(CC)C(=O)C1C=C(c2ccc(Cl)c3cc[nH]c23)C(CO)N(C)C1. The summed E-state index contributed by atoms with van der Waals surface area (Å²) in [7, 11) is 1.96.